The summed E-state index contributed by atoms with van der Waals surface area (Å²) in [6.45, 7) is 4.99. The Morgan fingerprint density at radius 1 is 1.00 bits per heavy atom. The molecule has 0 amide bonds. The number of benzene rings is 4. The molecule has 0 aliphatic heterocycles. The Hall–Kier alpha value is -3.89. The van der Waals surface area contributed by atoms with Gasteiger partial charge in [-0.1, -0.05) is 0 Å². The van der Waals surface area contributed by atoms with Gasteiger partial charge in [-0.15, -0.1) is 0 Å². The number of hydrogen-bond acceptors (Lipinski definition) is 5. The number of rotatable bonds is 9. The van der Waals surface area contributed by atoms with Gasteiger partial charge in [0.05, 0.1) is 0 Å². The molecule has 0 aliphatic rings. The third-order valence-corrected chi connectivity index (χ3v) is 14.7. The molecule has 0 aliphatic carbocycles. The summed E-state index contributed by atoms with van der Waals surface area (Å²) in [4.78, 5) is 19.5. The van der Waals surface area contributed by atoms with Gasteiger partial charge in [0.2, 0.25) is 0 Å². The van der Waals surface area contributed by atoms with E-state index in [1.165, 1.54) is 12.1 Å². The van der Waals surface area contributed by atoms with Gasteiger partial charge in [0.15, 0.2) is 0 Å². The van der Waals surface area contributed by atoms with E-state index in [4.69, 9.17) is 15.1 Å². The molecular formula is C34H32FIN4O2. The zero-order valence-electron chi connectivity index (χ0n) is 23.5. The molecule has 1 atom stereocenters. The number of furan rings is 1. The van der Waals surface area contributed by atoms with Gasteiger partial charge in [0.1, 0.15) is 0 Å². The summed E-state index contributed by atoms with van der Waals surface area (Å²) in [5, 5.41) is 11.9. The number of carbonyl (C=O) groups excluding carboxylic acids is 1. The zero-order valence-corrected chi connectivity index (χ0v) is 25.6. The van der Waals surface area contributed by atoms with E-state index in [2.05, 4.69) is 13.8 Å². The van der Waals surface area contributed by atoms with Crippen LogP contribution in [0.25, 0.3) is 32.8 Å². The minimum atomic E-state index is -2.60. The van der Waals surface area contributed by atoms with Gasteiger partial charge >= 0.3 is 251 Å². The molecule has 6 nitrogen and oxygen atoms in total. The van der Waals surface area contributed by atoms with E-state index in [9.17, 15) is 14.6 Å². The van der Waals surface area contributed by atoms with Crippen LogP contribution in [0.4, 0.5) is 4.39 Å². The Bertz CT molecular complexity index is 1980. The number of hydrogen-bond donors (Lipinski definition) is 2. The van der Waals surface area contributed by atoms with Crippen LogP contribution in [0.1, 0.15) is 39.5 Å². The Morgan fingerprint density at radius 2 is 1.74 bits per heavy atom. The van der Waals surface area contributed by atoms with Crippen LogP contribution in [0.15, 0.2) is 95.4 Å². The fourth-order valence-corrected chi connectivity index (χ4v) is 11.9. The van der Waals surface area contributed by atoms with Crippen LogP contribution in [0.2, 0.25) is 0 Å². The van der Waals surface area contributed by atoms with E-state index in [-0.39, 0.29) is 19.1 Å². The van der Waals surface area contributed by atoms with Crippen LogP contribution in [0.3, 0.4) is 0 Å². The molecule has 0 radical (unpaired) electrons. The van der Waals surface area contributed by atoms with Crippen LogP contribution in [0.5, 0.6) is 0 Å². The molecule has 42 heavy (non-hydrogen) atoms. The van der Waals surface area contributed by atoms with Crippen molar-refractivity contribution < 1.29 is 13.6 Å². The van der Waals surface area contributed by atoms with Crippen molar-refractivity contribution in [1.29, 1.82) is 5.41 Å². The summed E-state index contributed by atoms with van der Waals surface area (Å²) >= 11 is -2.60. The summed E-state index contributed by atoms with van der Waals surface area (Å²) in [6, 6.07) is 28.1. The summed E-state index contributed by atoms with van der Waals surface area (Å²) in [6.07, 6.45) is 0. The topological polar surface area (TPSA) is 97.9 Å². The molecule has 0 saturated carbocycles. The van der Waals surface area contributed by atoms with Crippen LogP contribution in [-0.4, -0.2) is 24.3 Å². The van der Waals surface area contributed by atoms with Gasteiger partial charge in [-0.25, -0.2) is 0 Å². The molecule has 4 aromatic carbocycles. The number of carbonyl (C=O) groups is 1. The third-order valence-electron chi connectivity index (χ3n) is 7.42. The Morgan fingerprint density at radius 3 is 2.48 bits per heavy atom. The second kappa shape index (κ2) is 11.8. The first-order chi connectivity index (χ1) is 20.4. The number of fused-ring (bicyclic) bond motifs is 4. The normalized spacial score (nSPS) is 12.8. The maximum absolute atomic E-state index is 14.4. The predicted molar refractivity (Wildman–Crippen MR) is 175 cm³/mol. The van der Waals surface area contributed by atoms with Crippen molar-refractivity contribution in [3.8, 4) is 0 Å². The molecule has 214 valence electrons. The predicted octanol–water partition coefficient (Wildman–Crippen LogP) is 7.61. The van der Waals surface area contributed by atoms with Crippen LogP contribution >= 0.6 is 19.8 Å². The van der Waals surface area contributed by atoms with Crippen molar-refractivity contribution in [3.05, 3.63) is 119 Å². The fourth-order valence-electron chi connectivity index (χ4n) is 5.48. The molecule has 0 unspecified atom stereocenters. The Labute approximate surface area is 250 Å². The quantitative estimate of drug-likeness (QED) is 0.0938. The van der Waals surface area contributed by atoms with E-state index in [1.807, 2.05) is 77.4 Å². The second-order valence-electron chi connectivity index (χ2n) is 10.7. The van der Waals surface area contributed by atoms with E-state index < -0.39 is 25.6 Å². The van der Waals surface area contributed by atoms with Gasteiger partial charge in [0.25, 0.3) is 0 Å². The standard InChI is InChI=1S/C34H32FIN4O2/c1-21(2)29(36(16-17-37)32(41)25-13-12-23-10-6-7-11-24(23)18-25)34-39-30-27-19-26(35)14-15-28(27)42-31(30)33(38)40(34)20-22-8-4-3-5-9-22/h3-15,18-19,21,29,38H,16-17,20,37H2,1-2H3/t29-/m1/s1. The summed E-state index contributed by atoms with van der Waals surface area (Å²) in [7, 11) is 0. The SMILES string of the molecule is CC(C)[C@H](c1nc2c(oc3ccc(F)cc32)c(=N)n1Cc1ccccc1)I(CCN)C(=O)c1ccc2ccccc2c1. The van der Waals surface area contributed by atoms with Crippen molar-refractivity contribution in [1.82, 2.24) is 9.55 Å². The van der Waals surface area contributed by atoms with E-state index >= 15 is 0 Å². The Kier molecular flexibility index (Phi) is 7.92. The second-order valence-corrected chi connectivity index (χ2v) is 16.3. The Balaban J connectivity index is 1.57. The number of nitrogens with one attached hydrogen (secondary N) is 1. The van der Waals surface area contributed by atoms with Crippen molar-refractivity contribution in [2.45, 2.75) is 24.3 Å². The van der Waals surface area contributed by atoms with Crippen LogP contribution < -0.4 is 11.2 Å². The molecule has 2 aromatic heterocycles. The molecule has 6 rings (SSSR count). The first kappa shape index (κ1) is 28.2. The van der Waals surface area contributed by atoms with Gasteiger partial charge in [-0.05, 0) is 0 Å². The van der Waals surface area contributed by atoms with Gasteiger partial charge in [0, 0.05) is 0 Å². The van der Waals surface area contributed by atoms with Gasteiger partial charge in [-0.3, -0.25) is 0 Å². The molecule has 0 bridgehead atoms. The molecule has 8 heteroatoms. The van der Waals surface area contributed by atoms with E-state index in [1.54, 1.807) is 6.07 Å². The van der Waals surface area contributed by atoms with Crippen molar-refractivity contribution >= 4 is 56.5 Å². The molecule has 3 N–H and O–H groups in total. The average Bonchev–Trinajstić information content (AvgIpc) is 3.36. The molecule has 6 aromatic rings. The van der Waals surface area contributed by atoms with Crippen molar-refractivity contribution in [3.63, 3.8) is 0 Å². The molecular weight excluding hydrogens is 642 g/mol. The number of alkyl halides is 2. The maximum atomic E-state index is 14.4. The molecule has 2 heterocycles. The summed E-state index contributed by atoms with van der Waals surface area (Å²) < 4.78 is 22.8. The van der Waals surface area contributed by atoms with Crippen LogP contribution in [-0.2, 0) is 6.54 Å². The number of aromatic nitrogens is 2. The first-order valence-corrected chi connectivity index (χ1v) is 17.8. The van der Waals surface area contributed by atoms with E-state index in [0.29, 0.717) is 51.0 Å². The summed E-state index contributed by atoms with van der Waals surface area (Å²) in [5.74, 6) is 0.308. The average molecular weight is 675 g/mol. The number of halogens is 2. The summed E-state index contributed by atoms with van der Waals surface area (Å²) in [5.41, 5.74) is 9.25. The third kappa shape index (κ3) is 5.25. The van der Waals surface area contributed by atoms with Crippen molar-refractivity contribution in [2.24, 2.45) is 11.7 Å². The molecule has 0 fully saturated rings. The van der Waals surface area contributed by atoms with Gasteiger partial charge in [-0.2, -0.15) is 0 Å². The zero-order chi connectivity index (χ0) is 29.4. The van der Waals surface area contributed by atoms with Crippen molar-refractivity contribution in [2.75, 3.05) is 11.0 Å². The number of nitrogens with two attached hydrogens (primary N) is 1. The van der Waals surface area contributed by atoms with Crippen LogP contribution in [0, 0.1) is 17.1 Å². The molecule has 0 saturated heterocycles. The van der Waals surface area contributed by atoms with E-state index in [0.717, 1.165) is 16.3 Å². The first-order valence-electron chi connectivity index (χ1n) is 13.9. The molecule has 0 spiro atoms. The monoisotopic (exact) mass is 674 g/mol. The fraction of sp³-hybridized carbons (Fsp3) is 0.206. The van der Waals surface area contributed by atoms with Gasteiger partial charge < -0.3 is 0 Å². The minimum absolute atomic E-state index is 0.0485. The number of nitrogens with zero attached hydrogens (tertiary/aromatic N) is 2.